The summed E-state index contributed by atoms with van der Waals surface area (Å²) in [5.41, 5.74) is 0. The second-order valence-corrected chi connectivity index (χ2v) is 4.72. The molecule has 0 unspecified atom stereocenters. The van der Waals surface area contributed by atoms with Crippen LogP contribution in [0.25, 0.3) is 0 Å². The third kappa shape index (κ3) is 6.23. The van der Waals surface area contributed by atoms with Crippen molar-refractivity contribution in [1.82, 2.24) is 5.32 Å². The van der Waals surface area contributed by atoms with Crippen LogP contribution in [0.5, 0.6) is 17.2 Å². The lowest BCUT2D eigenvalue weighted by atomic mass is 10.3. The monoisotopic (exact) mass is 297 g/mol. The minimum Gasteiger partial charge on any atom is -0.493 e. The van der Waals surface area contributed by atoms with E-state index in [0.29, 0.717) is 43.1 Å². The van der Waals surface area contributed by atoms with E-state index < -0.39 is 0 Å². The van der Waals surface area contributed by atoms with E-state index in [4.69, 9.17) is 18.9 Å². The van der Waals surface area contributed by atoms with Crippen LogP contribution in [0.3, 0.4) is 0 Å². The molecule has 0 heterocycles. The Morgan fingerprint density at radius 1 is 1.05 bits per heavy atom. The summed E-state index contributed by atoms with van der Waals surface area (Å²) in [4.78, 5) is 0. The van der Waals surface area contributed by atoms with Gasteiger partial charge in [0.25, 0.3) is 0 Å². The molecule has 0 radical (unpaired) electrons. The van der Waals surface area contributed by atoms with Gasteiger partial charge in [-0.15, -0.1) is 0 Å². The highest BCUT2D eigenvalue weighted by molar-refractivity contribution is 5.51. The summed E-state index contributed by atoms with van der Waals surface area (Å²) in [5, 5.41) is 3.37. The summed E-state index contributed by atoms with van der Waals surface area (Å²) in [6.45, 7) is 6.84. The maximum absolute atomic E-state index is 5.70. The van der Waals surface area contributed by atoms with Crippen molar-refractivity contribution in [2.24, 2.45) is 0 Å². The van der Waals surface area contributed by atoms with Crippen LogP contribution in [-0.2, 0) is 4.74 Å². The summed E-state index contributed by atoms with van der Waals surface area (Å²) in [7, 11) is 3.22. The molecule has 0 spiro atoms. The lowest BCUT2D eigenvalue weighted by Gasteiger charge is -2.14. The van der Waals surface area contributed by atoms with Crippen LogP contribution < -0.4 is 19.5 Å². The molecule has 120 valence electrons. The van der Waals surface area contributed by atoms with E-state index in [-0.39, 0.29) is 0 Å². The van der Waals surface area contributed by atoms with E-state index in [0.717, 1.165) is 13.0 Å². The molecule has 1 N–H and O–H groups in total. The number of hydrogen-bond donors (Lipinski definition) is 1. The highest BCUT2D eigenvalue weighted by Crippen LogP contribution is 2.36. The van der Waals surface area contributed by atoms with Crippen molar-refractivity contribution in [1.29, 1.82) is 0 Å². The summed E-state index contributed by atoms with van der Waals surface area (Å²) in [5.74, 6) is 1.93. The zero-order chi connectivity index (χ0) is 15.5. The summed E-state index contributed by atoms with van der Waals surface area (Å²) in [6.07, 6.45) is 1.12. The third-order valence-electron chi connectivity index (χ3n) is 3.21. The fraction of sp³-hybridized carbons (Fsp3) is 0.625. The standard InChI is InChI=1S/C16H27NO4/c1-5-13(2)17-9-10-20-11-12-21-16-14(18-3)7-6-8-15(16)19-4/h6-8,13,17H,5,9-12H2,1-4H3/t13-/m1/s1. The Bertz CT molecular complexity index is 376. The van der Waals surface area contributed by atoms with Gasteiger partial charge in [-0.1, -0.05) is 13.0 Å². The highest BCUT2D eigenvalue weighted by atomic mass is 16.6. The molecule has 1 aromatic rings. The number of hydrogen-bond acceptors (Lipinski definition) is 5. The summed E-state index contributed by atoms with van der Waals surface area (Å²) in [6, 6.07) is 6.08. The van der Waals surface area contributed by atoms with Crippen molar-refractivity contribution in [3.63, 3.8) is 0 Å². The molecule has 1 aromatic carbocycles. The molecule has 0 bridgehead atoms. The Morgan fingerprint density at radius 3 is 2.29 bits per heavy atom. The molecule has 0 aliphatic rings. The zero-order valence-corrected chi connectivity index (χ0v) is 13.5. The largest absolute Gasteiger partial charge is 0.493 e. The van der Waals surface area contributed by atoms with Gasteiger partial charge in [-0.25, -0.2) is 0 Å². The Balaban J connectivity index is 2.26. The highest BCUT2D eigenvalue weighted by Gasteiger charge is 2.10. The number of para-hydroxylation sites is 1. The van der Waals surface area contributed by atoms with Gasteiger partial charge in [0.2, 0.25) is 5.75 Å². The van der Waals surface area contributed by atoms with Gasteiger partial charge < -0.3 is 24.3 Å². The number of rotatable bonds is 11. The summed E-state index contributed by atoms with van der Waals surface area (Å²) < 4.78 is 21.8. The molecule has 0 saturated carbocycles. The maximum atomic E-state index is 5.70. The van der Waals surface area contributed by atoms with Crippen LogP contribution in [0.1, 0.15) is 20.3 Å². The maximum Gasteiger partial charge on any atom is 0.203 e. The van der Waals surface area contributed by atoms with E-state index in [1.165, 1.54) is 0 Å². The first-order valence-electron chi connectivity index (χ1n) is 7.37. The predicted octanol–water partition coefficient (Wildman–Crippen LogP) is 2.49. The van der Waals surface area contributed by atoms with Gasteiger partial charge >= 0.3 is 0 Å². The topological polar surface area (TPSA) is 49.0 Å². The van der Waals surface area contributed by atoms with E-state index in [2.05, 4.69) is 19.2 Å². The van der Waals surface area contributed by atoms with Crippen LogP contribution in [-0.4, -0.2) is 46.6 Å². The molecule has 1 atom stereocenters. The van der Waals surface area contributed by atoms with Crippen molar-refractivity contribution < 1.29 is 18.9 Å². The summed E-state index contributed by atoms with van der Waals surface area (Å²) >= 11 is 0. The molecule has 0 amide bonds. The van der Waals surface area contributed by atoms with Gasteiger partial charge in [0.05, 0.1) is 27.4 Å². The molecule has 5 heteroatoms. The normalized spacial score (nSPS) is 12.0. The SMILES string of the molecule is CC[C@@H](C)NCCOCCOc1c(OC)cccc1OC. The number of ether oxygens (including phenoxy) is 4. The van der Waals surface area contributed by atoms with Crippen molar-refractivity contribution in [2.45, 2.75) is 26.3 Å². The van der Waals surface area contributed by atoms with Gasteiger partial charge in [0.1, 0.15) is 6.61 Å². The number of nitrogens with one attached hydrogen (secondary N) is 1. The van der Waals surface area contributed by atoms with E-state index >= 15 is 0 Å². The van der Waals surface area contributed by atoms with Crippen molar-refractivity contribution in [3.05, 3.63) is 18.2 Å². The Labute approximate surface area is 127 Å². The van der Waals surface area contributed by atoms with Crippen LogP contribution in [0.15, 0.2) is 18.2 Å². The van der Waals surface area contributed by atoms with Gasteiger partial charge in [0, 0.05) is 12.6 Å². The van der Waals surface area contributed by atoms with E-state index in [1.54, 1.807) is 14.2 Å². The second kappa shape index (κ2) is 10.3. The van der Waals surface area contributed by atoms with Crippen molar-refractivity contribution in [3.8, 4) is 17.2 Å². The Morgan fingerprint density at radius 2 is 1.71 bits per heavy atom. The molecule has 1 rings (SSSR count). The minimum atomic E-state index is 0.458. The van der Waals surface area contributed by atoms with Gasteiger partial charge in [-0.05, 0) is 25.5 Å². The minimum absolute atomic E-state index is 0.458. The molecule has 5 nitrogen and oxygen atoms in total. The number of methoxy groups -OCH3 is 2. The van der Waals surface area contributed by atoms with Crippen molar-refractivity contribution in [2.75, 3.05) is 40.6 Å². The quantitative estimate of drug-likeness (QED) is 0.636. The molecule has 0 aliphatic carbocycles. The van der Waals surface area contributed by atoms with Gasteiger partial charge in [-0.3, -0.25) is 0 Å². The molecule has 0 saturated heterocycles. The molecular formula is C16H27NO4. The third-order valence-corrected chi connectivity index (χ3v) is 3.21. The lowest BCUT2D eigenvalue weighted by Crippen LogP contribution is -2.29. The van der Waals surface area contributed by atoms with Crippen LogP contribution >= 0.6 is 0 Å². The Hall–Kier alpha value is -1.46. The van der Waals surface area contributed by atoms with Gasteiger partial charge in [-0.2, -0.15) is 0 Å². The van der Waals surface area contributed by atoms with Crippen LogP contribution in [0.4, 0.5) is 0 Å². The first-order valence-corrected chi connectivity index (χ1v) is 7.37. The van der Waals surface area contributed by atoms with E-state index in [1.807, 2.05) is 18.2 Å². The molecule has 0 aliphatic heterocycles. The van der Waals surface area contributed by atoms with Crippen LogP contribution in [0.2, 0.25) is 0 Å². The molecule has 0 fully saturated rings. The second-order valence-electron chi connectivity index (χ2n) is 4.72. The van der Waals surface area contributed by atoms with Crippen LogP contribution in [0, 0.1) is 0 Å². The zero-order valence-electron chi connectivity index (χ0n) is 13.5. The van der Waals surface area contributed by atoms with Gasteiger partial charge in [0.15, 0.2) is 11.5 Å². The fourth-order valence-electron chi connectivity index (χ4n) is 1.79. The average Bonchev–Trinajstić information content (AvgIpc) is 2.53. The van der Waals surface area contributed by atoms with E-state index in [9.17, 15) is 0 Å². The molecular weight excluding hydrogens is 270 g/mol. The fourth-order valence-corrected chi connectivity index (χ4v) is 1.79. The number of benzene rings is 1. The Kier molecular flexibility index (Phi) is 8.62. The first kappa shape index (κ1) is 17.6. The first-order chi connectivity index (χ1) is 10.2. The lowest BCUT2D eigenvalue weighted by molar-refractivity contribution is 0.0982. The molecule has 0 aromatic heterocycles. The predicted molar refractivity (Wildman–Crippen MR) is 83.6 cm³/mol. The average molecular weight is 297 g/mol. The smallest absolute Gasteiger partial charge is 0.203 e. The molecule has 21 heavy (non-hydrogen) atoms. The van der Waals surface area contributed by atoms with Crippen molar-refractivity contribution >= 4 is 0 Å².